The number of hydrogen-bond acceptors (Lipinski definition) is 2. The maximum Gasteiger partial charge on any atom is 0.264 e. The quantitative estimate of drug-likeness (QED) is 0.851. The first-order valence-corrected chi connectivity index (χ1v) is 6.07. The molecule has 0 amide bonds. The molecular formula is C10H13IN2O. The Morgan fingerprint density at radius 2 is 2.21 bits per heavy atom. The van der Waals surface area contributed by atoms with E-state index in [1.807, 2.05) is 22.6 Å². The Labute approximate surface area is 96.5 Å². The molecule has 76 valence electrons. The number of hydrogen-bond donors (Lipinski definition) is 1. The van der Waals surface area contributed by atoms with Crippen LogP contribution in [0.3, 0.4) is 0 Å². The van der Waals surface area contributed by atoms with Crippen molar-refractivity contribution in [2.24, 2.45) is 5.92 Å². The van der Waals surface area contributed by atoms with Crippen molar-refractivity contribution < 1.29 is 0 Å². The molecule has 0 saturated heterocycles. The van der Waals surface area contributed by atoms with Gasteiger partial charge in [-0.1, -0.05) is 25.7 Å². The highest BCUT2D eigenvalue weighted by atomic mass is 127. The summed E-state index contributed by atoms with van der Waals surface area (Å²) in [6, 6.07) is 0. The van der Waals surface area contributed by atoms with E-state index < -0.39 is 0 Å². The lowest BCUT2D eigenvalue weighted by Crippen LogP contribution is -2.15. The smallest absolute Gasteiger partial charge is 0.264 e. The van der Waals surface area contributed by atoms with Crippen LogP contribution < -0.4 is 5.56 Å². The van der Waals surface area contributed by atoms with E-state index in [4.69, 9.17) is 0 Å². The summed E-state index contributed by atoms with van der Waals surface area (Å²) in [6.07, 6.45) is 7.83. The molecule has 1 aromatic heterocycles. The van der Waals surface area contributed by atoms with Gasteiger partial charge in [-0.3, -0.25) is 4.79 Å². The second-order valence-electron chi connectivity index (χ2n) is 3.86. The molecule has 2 rings (SSSR count). The van der Waals surface area contributed by atoms with Crippen LogP contribution in [0.2, 0.25) is 0 Å². The molecular weight excluding hydrogens is 291 g/mol. The first-order valence-electron chi connectivity index (χ1n) is 4.99. The van der Waals surface area contributed by atoms with Gasteiger partial charge in [0, 0.05) is 12.6 Å². The Morgan fingerprint density at radius 1 is 1.50 bits per heavy atom. The summed E-state index contributed by atoms with van der Waals surface area (Å²) < 4.78 is 0.665. The molecule has 1 heterocycles. The van der Waals surface area contributed by atoms with Gasteiger partial charge in [-0.15, -0.1) is 0 Å². The highest BCUT2D eigenvalue weighted by Gasteiger charge is 2.16. The summed E-state index contributed by atoms with van der Waals surface area (Å²) in [5.74, 6) is 1.58. The minimum Gasteiger partial charge on any atom is -0.310 e. The number of rotatable bonds is 2. The van der Waals surface area contributed by atoms with E-state index in [9.17, 15) is 4.79 Å². The molecule has 0 aliphatic heterocycles. The van der Waals surface area contributed by atoms with E-state index in [0.717, 1.165) is 18.2 Å². The van der Waals surface area contributed by atoms with E-state index in [1.54, 1.807) is 6.20 Å². The fourth-order valence-corrected chi connectivity index (χ4v) is 2.28. The molecule has 0 aromatic carbocycles. The van der Waals surface area contributed by atoms with Gasteiger partial charge in [-0.25, -0.2) is 4.98 Å². The predicted molar refractivity (Wildman–Crippen MR) is 63.2 cm³/mol. The molecule has 3 nitrogen and oxygen atoms in total. The van der Waals surface area contributed by atoms with Crippen molar-refractivity contribution in [1.82, 2.24) is 9.97 Å². The Bertz CT molecular complexity index is 369. The summed E-state index contributed by atoms with van der Waals surface area (Å²) in [5.41, 5.74) is -0.00593. The maximum atomic E-state index is 11.3. The van der Waals surface area contributed by atoms with Crippen LogP contribution in [0, 0.1) is 9.49 Å². The Morgan fingerprint density at radius 3 is 2.86 bits per heavy atom. The van der Waals surface area contributed by atoms with Crippen molar-refractivity contribution in [3.05, 3.63) is 25.9 Å². The van der Waals surface area contributed by atoms with Crippen LogP contribution >= 0.6 is 22.6 Å². The van der Waals surface area contributed by atoms with Crippen LogP contribution in [0.5, 0.6) is 0 Å². The monoisotopic (exact) mass is 304 g/mol. The Hall–Kier alpha value is -0.390. The van der Waals surface area contributed by atoms with Crippen molar-refractivity contribution in [2.45, 2.75) is 32.1 Å². The lowest BCUT2D eigenvalue weighted by atomic mass is 10.0. The zero-order valence-corrected chi connectivity index (χ0v) is 10.1. The number of nitrogens with one attached hydrogen (secondary N) is 1. The third kappa shape index (κ3) is 2.34. The first kappa shape index (κ1) is 10.1. The average Bonchev–Trinajstić information content (AvgIpc) is 2.64. The molecule has 0 atom stereocenters. The Kier molecular flexibility index (Phi) is 3.20. The summed E-state index contributed by atoms with van der Waals surface area (Å²) in [5, 5.41) is 0. The van der Waals surface area contributed by atoms with Gasteiger partial charge in [0.25, 0.3) is 5.56 Å². The minimum atomic E-state index is -0.00593. The van der Waals surface area contributed by atoms with Crippen molar-refractivity contribution in [2.75, 3.05) is 0 Å². The summed E-state index contributed by atoms with van der Waals surface area (Å²) in [4.78, 5) is 18.4. The molecule has 1 aliphatic carbocycles. The highest BCUT2D eigenvalue weighted by Crippen LogP contribution is 2.26. The number of H-pyrrole nitrogens is 1. The number of halogens is 1. The van der Waals surface area contributed by atoms with Crippen molar-refractivity contribution in [3.8, 4) is 0 Å². The van der Waals surface area contributed by atoms with Crippen LogP contribution in [0.1, 0.15) is 31.5 Å². The average molecular weight is 304 g/mol. The molecule has 0 radical (unpaired) electrons. The fourth-order valence-electron chi connectivity index (χ4n) is 2.01. The van der Waals surface area contributed by atoms with Gasteiger partial charge in [0.2, 0.25) is 0 Å². The zero-order valence-electron chi connectivity index (χ0n) is 7.92. The number of aromatic nitrogens is 2. The minimum absolute atomic E-state index is 0.00593. The van der Waals surface area contributed by atoms with E-state index in [1.165, 1.54) is 25.7 Å². The Balaban J connectivity index is 2.09. The summed E-state index contributed by atoms with van der Waals surface area (Å²) in [7, 11) is 0. The molecule has 1 N–H and O–H groups in total. The molecule has 1 aromatic rings. The largest absolute Gasteiger partial charge is 0.310 e. The summed E-state index contributed by atoms with van der Waals surface area (Å²) in [6.45, 7) is 0. The second-order valence-corrected chi connectivity index (χ2v) is 5.02. The lowest BCUT2D eigenvalue weighted by molar-refractivity contribution is 0.529. The van der Waals surface area contributed by atoms with Crippen LogP contribution in [0.15, 0.2) is 11.0 Å². The van der Waals surface area contributed by atoms with E-state index in [2.05, 4.69) is 9.97 Å². The molecule has 0 spiro atoms. The van der Waals surface area contributed by atoms with E-state index in [-0.39, 0.29) is 5.56 Å². The van der Waals surface area contributed by atoms with Crippen LogP contribution in [-0.4, -0.2) is 9.97 Å². The standard InChI is InChI=1S/C10H13IN2O/c11-8-6-12-9(13-10(8)14)5-7-3-1-2-4-7/h6-7H,1-5H2,(H,12,13,14). The topological polar surface area (TPSA) is 45.8 Å². The zero-order chi connectivity index (χ0) is 9.97. The van der Waals surface area contributed by atoms with Crippen molar-refractivity contribution in [3.63, 3.8) is 0 Å². The van der Waals surface area contributed by atoms with Gasteiger partial charge in [-0.05, 0) is 28.5 Å². The third-order valence-electron chi connectivity index (χ3n) is 2.77. The molecule has 1 aliphatic rings. The van der Waals surface area contributed by atoms with Gasteiger partial charge in [0.1, 0.15) is 5.82 Å². The molecule has 0 bridgehead atoms. The SMILES string of the molecule is O=c1[nH]c(CC2CCCC2)ncc1I. The van der Waals surface area contributed by atoms with E-state index in [0.29, 0.717) is 3.57 Å². The molecule has 1 fully saturated rings. The van der Waals surface area contributed by atoms with Gasteiger partial charge in [0.15, 0.2) is 0 Å². The molecule has 4 heteroatoms. The van der Waals surface area contributed by atoms with Crippen LogP contribution in [0.4, 0.5) is 0 Å². The van der Waals surface area contributed by atoms with Gasteiger partial charge in [0.05, 0.1) is 3.57 Å². The molecule has 14 heavy (non-hydrogen) atoms. The van der Waals surface area contributed by atoms with Crippen molar-refractivity contribution >= 4 is 22.6 Å². The highest BCUT2D eigenvalue weighted by molar-refractivity contribution is 14.1. The van der Waals surface area contributed by atoms with Crippen LogP contribution in [0.25, 0.3) is 0 Å². The first-order chi connectivity index (χ1) is 6.75. The maximum absolute atomic E-state index is 11.3. The number of aromatic amines is 1. The molecule has 0 unspecified atom stereocenters. The van der Waals surface area contributed by atoms with E-state index >= 15 is 0 Å². The summed E-state index contributed by atoms with van der Waals surface area (Å²) >= 11 is 2.00. The third-order valence-corrected chi connectivity index (χ3v) is 3.53. The lowest BCUT2D eigenvalue weighted by Gasteiger charge is -2.06. The van der Waals surface area contributed by atoms with Gasteiger partial charge < -0.3 is 4.98 Å². The normalized spacial score (nSPS) is 17.5. The van der Waals surface area contributed by atoms with Gasteiger partial charge in [-0.2, -0.15) is 0 Å². The van der Waals surface area contributed by atoms with Crippen molar-refractivity contribution in [1.29, 1.82) is 0 Å². The molecule has 1 saturated carbocycles. The fraction of sp³-hybridized carbons (Fsp3) is 0.600. The number of nitrogens with zero attached hydrogens (tertiary/aromatic N) is 1. The van der Waals surface area contributed by atoms with Crippen LogP contribution in [-0.2, 0) is 6.42 Å². The predicted octanol–water partition coefficient (Wildman–Crippen LogP) is 2.11. The second kappa shape index (κ2) is 4.42. The van der Waals surface area contributed by atoms with Gasteiger partial charge >= 0.3 is 0 Å².